The zero-order valence-corrected chi connectivity index (χ0v) is 22.9. The SMILES string of the molecule is Cc1ccc(CC(CNC(=S)OCc2ccc(NS(C)(=O)=O)cc2)COC(=O)C(C)(C)C)cc1C. The van der Waals surface area contributed by atoms with Crippen LogP contribution in [0.2, 0.25) is 0 Å². The number of sulfonamides is 1. The zero-order valence-electron chi connectivity index (χ0n) is 21.3. The van der Waals surface area contributed by atoms with E-state index in [4.69, 9.17) is 21.7 Å². The lowest BCUT2D eigenvalue weighted by molar-refractivity contribution is -0.154. The van der Waals surface area contributed by atoms with Crippen molar-refractivity contribution in [1.82, 2.24) is 5.32 Å². The van der Waals surface area contributed by atoms with Gasteiger partial charge in [-0.3, -0.25) is 9.52 Å². The van der Waals surface area contributed by atoms with Gasteiger partial charge in [0.1, 0.15) is 6.61 Å². The third-order valence-electron chi connectivity index (χ3n) is 5.32. The summed E-state index contributed by atoms with van der Waals surface area (Å²) < 4.78 is 36.3. The molecular weight excluding hydrogens is 484 g/mol. The molecule has 0 spiro atoms. The molecule has 0 radical (unpaired) electrons. The van der Waals surface area contributed by atoms with Gasteiger partial charge in [0.25, 0.3) is 5.17 Å². The van der Waals surface area contributed by atoms with Crippen molar-refractivity contribution in [3.8, 4) is 0 Å². The van der Waals surface area contributed by atoms with Gasteiger partial charge in [-0.25, -0.2) is 8.42 Å². The van der Waals surface area contributed by atoms with Gasteiger partial charge in [-0.05, 0) is 87.6 Å². The number of esters is 1. The summed E-state index contributed by atoms with van der Waals surface area (Å²) in [5.41, 5.74) is 4.38. The van der Waals surface area contributed by atoms with E-state index in [1.54, 1.807) is 24.3 Å². The van der Waals surface area contributed by atoms with Gasteiger partial charge >= 0.3 is 5.97 Å². The molecule has 35 heavy (non-hydrogen) atoms. The number of ether oxygens (including phenoxy) is 2. The Balaban J connectivity index is 1.93. The summed E-state index contributed by atoms with van der Waals surface area (Å²) >= 11 is 5.33. The topological polar surface area (TPSA) is 93.7 Å². The Bertz CT molecular complexity index is 1120. The molecule has 2 N–H and O–H groups in total. The fourth-order valence-electron chi connectivity index (χ4n) is 3.17. The van der Waals surface area contributed by atoms with Crippen molar-refractivity contribution in [3.05, 3.63) is 64.7 Å². The molecular formula is C26H36N2O5S2. The lowest BCUT2D eigenvalue weighted by Crippen LogP contribution is -2.34. The number of rotatable bonds is 10. The number of hydrogen-bond acceptors (Lipinski definition) is 6. The molecule has 2 aromatic rings. The van der Waals surface area contributed by atoms with E-state index in [1.165, 1.54) is 16.7 Å². The van der Waals surface area contributed by atoms with Crippen molar-refractivity contribution in [2.24, 2.45) is 11.3 Å². The lowest BCUT2D eigenvalue weighted by Gasteiger charge is -2.22. The highest BCUT2D eigenvalue weighted by Crippen LogP contribution is 2.18. The number of aryl methyl sites for hydroxylation is 2. The molecule has 192 valence electrons. The minimum Gasteiger partial charge on any atom is -0.466 e. The molecule has 0 saturated carbocycles. The van der Waals surface area contributed by atoms with Crippen LogP contribution < -0.4 is 10.0 Å². The van der Waals surface area contributed by atoms with Crippen LogP contribution in [0.1, 0.15) is 43.0 Å². The number of anilines is 1. The second-order valence-electron chi connectivity index (χ2n) is 9.87. The highest BCUT2D eigenvalue weighted by Gasteiger charge is 2.24. The summed E-state index contributed by atoms with van der Waals surface area (Å²) in [5.74, 6) is -0.235. The molecule has 2 rings (SSSR count). The Morgan fingerprint density at radius 1 is 1.00 bits per heavy atom. The maximum absolute atomic E-state index is 12.3. The van der Waals surface area contributed by atoms with Crippen LogP contribution >= 0.6 is 12.2 Å². The van der Waals surface area contributed by atoms with E-state index in [-0.39, 0.29) is 30.3 Å². The average molecular weight is 521 g/mol. The van der Waals surface area contributed by atoms with Gasteiger partial charge in [0.05, 0.1) is 18.3 Å². The Hall–Kier alpha value is -2.65. The van der Waals surface area contributed by atoms with Gasteiger partial charge in [-0.1, -0.05) is 30.3 Å². The maximum Gasteiger partial charge on any atom is 0.311 e. The van der Waals surface area contributed by atoms with Crippen LogP contribution in [0.25, 0.3) is 0 Å². The number of nitrogens with one attached hydrogen (secondary N) is 2. The normalized spacial score (nSPS) is 12.5. The molecule has 0 aliphatic heterocycles. The first-order valence-corrected chi connectivity index (χ1v) is 13.7. The minimum absolute atomic E-state index is 0.00584. The van der Waals surface area contributed by atoms with Crippen LogP contribution in [0.3, 0.4) is 0 Å². The Morgan fingerprint density at radius 3 is 2.20 bits per heavy atom. The molecule has 0 amide bonds. The van der Waals surface area contributed by atoms with Crippen molar-refractivity contribution in [3.63, 3.8) is 0 Å². The standard InChI is InChI=1S/C26H36N2O5S2/c1-18-7-8-21(13-19(18)2)14-22(17-32-24(29)26(3,4)5)15-27-25(34)33-16-20-9-11-23(12-10-20)28-35(6,30)31/h7-13,22,28H,14-17H2,1-6H3,(H,27,34). The van der Waals surface area contributed by atoms with Crippen LogP contribution in [-0.4, -0.2) is 39.0 Å². The lowest BCUT2D eigenvalue weighted by atomic mass is 9.96. The number of carbonyl (C=O) groups is 1. The van der Waals surface area contributed by atoms with Crippen molar-refractivity contribution < 1.29 is 22.7 Å². The summed E-state index contributed by atoms with van der Waals surface area (Å²) in [7, 11) is -3.32. The van der Waals surface area contributed by atoms with E-state index in [1.807, 2.05) is 20.8 Å². The molecule has 0 heterocycles. The number of benzene rings is 2. The van der Waals surface area contributed by atoms with Crippen molar-refractivity contribution >= 4 is 39.1 Å². The molecule has 0 bridgehead atoms. The van der Waals surface area contributed by atoms with Crippen molar-refractivity contribution in [2.75, 3.05) is 24.1 Å². The van der Waals surface area contributed by atoms with Gasteiger partial charge < -0.3 is 14.8 Å². The zero-order chi connectivity index (χ0) is 26.2. The first-order valence-electron chi connectivity index (χ1n) is 11.4. The van der Waals surface area contributed by atoms with Crippen molar-refractivity contribution in [1.29, 1.82) is 0 Å². The van der Waals surface area contributed by atoms with Crippen LogP contribution in [0.15, 0.2) is 42.5 Å². The Labute approximate surface area is 214 Å². The van der Waals surface area contributed by atoms with Crippen LogP contribution in [-0.2, 0) is 37.3 Å². The van der Waals surface area contributed by atoms with Crippen molar-refractivity contribution in [2.45, 2.75) is 47.6 Å². The van der Waals surface area contributed by atoms with Gasteiger partial charge in [-0.2, -0.15) is 0 Å². The molecule has 9 heteroatoms. The Morgan fingerprint density at radius 2 is 1.63 bits per heavy atom. The number of thiocarbonyl (C=S) groups is 1. The van der Waals surface area contributed by atoms with Crippen LogP contribution in [0.4, 0.5) is 5.69 Å². The highest BCUT2D eigenvalue weighted by molar-refractivity contribution is 7.92. The highest BCUT2D eigenvalue weighted by atomic mass is 32.2. The number of hydrogen-bond donors (Lipinski definition) is 2. The molecule has 0 fully saturated rings. The van der Waals surface area contributed by atoms with E-state index in [0.29, 0.717) is 12.2 Å². The Kier molecular flexibility index (Phi) is 10.1. The van der Waals surface area contributed by atoms with Gasteiger partial charge in [0.2, 0.25) is 10.0 Å². The van der Waals surface area contributed by atoms with Crippen LogP contribution in [0, 0.1) is 25.2 Å². The minimum atomic E-state index is -3.32. The average Bonchev–Trinajstić information content (AvgIpc) is 2.75. The molecule has 0 aromatic heterocycles. The van der Waals surface area contributed by atoms with E-state index in [9.17, 15) is 13.2 Å². The van der Waals surface area contributed by atoms with Crippen LogP contribution in [0.5, 0.6) is 0 Å². The van der Waals surface area contributed by atoms with E-state index in [0.717, 1.165) is 18.2 Å². The largest absolute Gasteiger partial charge is 0.466 e. The fourth-order valence-corrected chi connectivity index (χ4v) is 3.88. The molecule has 1 unspecified atom stereocenters. The summed E-state index contributed by atoms with van der Waals surface area (Å²) in [5, 5.41) is 3.38. The molecule has 0 aliphatic rings. The summed E-state index contributed by atoms with van der Waals surface area (Å²) in [6.07, 6.45) is 1.83. The van der Waals surface area contributed by atoms with Gasteiger partial charge in [0, 0.05) is 18.2 Å². The monoisotopic (exact) mass is 520 g/mol. The molecule has 2 aromatic carbocycles. The second-order valence-corrected chi connectivity index (χ2v) is 12.0. The number of carbonyl (C=O) groups excluding carboxylic acids is 1. The smallest absolute Gasteiger partial charge is 0.311 e. The van der Waals surface area contributed by atoms with E-state index >= 15 is 0 Å². The molecule has 1 atom stereocenters. The quantitative estimate of drug-likeness (QED) is 0.352. The third kappa shape index (κ3) is 10.7. The second kappa shape index (κ2) is 12.4. The van der Waals surface area contributed by atoms with E-state index < -0.39 is 15.4 Å². The predicted molar refractivity (Wildman–Crippen MR) is 144 cm³/mol. The summed E-state index contributed by atoms with van der Waals surface area (Å²) in [4.78, 5) is 12.3. The molecule has 0 aliphatic carbocycles. The summed E-state index contributed by atoms with van der Waals surface area (Å²) in [6.45, 7) is 10.7. The van der Waals surface area contributed by atoms with Gasteiger partial charge in [-0.15, -0.1) is 0 Å². The fraction of sp³-hybridized carbons (Fsp3) is 0.462. The first kappa shape index (κ1) is 28.6. The molecule has 7 nitrogen and oxygen atoms in total. The van der Waals surface area contributed by atoms with E-state index in [2.05, 4.69) is 42.1 Å². The third-order valence-corrected chi connectivity index (χ3v) is 6.19. The summed E-state index contributed by atoms with van der Waals surface area (Å²) in [6, 6.07) is 13.2. The van der Waals surface area contributed by atoms with Gasteiger partial charge in [0.15, 0.2) is 0 Å². The predicted octanol–water partition coefficient (Wildman–Crippen LogP) is 4.51. The maximum atomic E-state index is 12.3. The first-order chi connectivity index (χ1) is 16.2. The molecule has 0 saturated heterocycles.